The molecule has 0 atom stereocenters. The molecule has 3 rings (SSSR count). The number of carbonyl (C=O) groups is 2. The first kappa shape index (κ1) is 23.7. The number of carboxylic acids is 1. The maximum Gasteiger partial charge on any atom is 0.416 e. The zero-order valence-corrected chi connectivity index (χ0v) is 17.6. The molecule has 0 bridgehead atoms. The zero-order chi connectivity index (χ0) is 23.8. The Kier molecular flexibility index (Phi) is 7.61. The average molecular weight is 478 g/mol. The normalized spacial score (nSPS) is 11.4. The summed E-state index contributed by atoms with van der Waals surface area (Å²) in [7, 11) is 0. The fourth-order valence-electron chi connectivity index (χ4n) is 2.58. The van der Waals surface area contributed by atoms with Crippen molar-refractivity contribution in [2.75, 3.05) is 11.9 Å². The summed E-state index contributed by atoms with van der Waals surface area (Å²) in [5.41, 5.74) is 2.66. The number of halogens is 3. The minimum absolute atomic E-state index is 0.102. The second-order valence-corrected chi connectivity index (χ2v) is 7.40. The van der Waals surface area contributed by atoms with E-state index in [-0.39, 0.29) is 12.1 Å². The fourth-order valence-corrected chi connectivity index (χ4v) is 3.31. The van der Waals surface area contributed by atoms with Crippen molar-refractivity contribution in [2.24, 2.45) is 5.10 Å². The zero-order valence-electron chi connectivity index (χ0n) is 16.8. The minimum atomic E-state index is -4.45. The van der Waals surface area contributed by atoms with Crippen molar-refractivity contribution in [3.63, 3.8) is 0 Å². The summed E-state index contributed by atoms with van der Waals surface area (Å²) >= 11 is 1.14. The molecule has 0 fully saturated rings. The van der Waals surface area contributed by atoms with E-state index in [2.05, 4.69) is 20.8 Å². The van der Waals surface area contributed by atoms with Gasteiger partial charge >= 0.3 is 12.1 Å². The Bertz CT molecular complexity index is 1160. The number of aromatic nitrogens is 1. The number of hydrogen-bond donors (Lipinski definition) is 3. The van der Waals surface area contributed by atoms with Crippen molar-refractivity contribution < 1.29 is 32.6 Å². The van der Waals surface area contributed by atoms with E-state index in [1.165, 1.54) is 18.3 Å². The molecule has 0 aliphatic rings. The lowest BCUT2D eigenvalue weighted by Gasteiger charge is -2.08. The molecule has 3 aromatic rings. The Morgan fingerprint density at radius 3 is 2.73 bits per heavy atom. The van der Waals surface area contributed by atoms with E-state index >= 15 is 0 Å². The molecule has 1 aromatic heterocycles. The topological polar surface area (TPSA) is 113 Å². The highest BCUT2D eigenvalue weighted by molar-refractivity contribution is 7.13. The number of ether oxygens (including phenoxy) is 1. The molecule has 1 amide bonds. The second kappa shape index (κ2) is 10.6. The number of benzene rings is 2. The molecular formula is C21H17F3N4O4S. The Labute approximate surface area is 189 Å². The summed E-state index contributed by atoms with van der Waals surface area (Å²) in [6.45, 7) is -0.516. The second-order valence-electron chi connectivity index (χ2n) is 6.54. The first-order valence-corrected chi connectivity index (χ1v) is 10.2. The van der Waals surface area contributed by atoms with Gasteiger partial charge in [0, 0.05) is 16.6 Å². The van der Waals surface area contributed by atoms with E-state index in [1.807, 2.05) is 0 Å². The van der Waals surface area contributed by atoms with Crippen molar-refractivity contribution in [2.45, 2.75) is 12.6 Å². The van der Waals surface area contributed by atoms with Crippen LogP contribution in [0.1, 0.15) is 16.8 Å². The fraction of sp³-hybridized carbons (Fsp3) is 0.143. The predicted octanol–water partition coefficient (Wildman–Crippen LogP) is 4.06. The Balaban J connectivity index is 1.55. The van der Waals surface area contributed by atoms with Gasteiger partial charge in [-0.1, -0.05) is 18.2 Å². The minimum Gasteiger partial charge on any atom is -0.481 e. The molecule has 33 heavy (non-hydrogen) atoms. The Hall–Kier alpha value is -3.93. The number of thiazole rings is 1. The molecule has 8 nitrogen and oxygen atoms in total. The van der Waals surface area contributed by atoms with E-state index in [0.29, 0.717) is 22.1 Å². The number of anilines is 2. The van der Waals surface area contributed by atoms with Gasteiger partial charge in [0.2, 0.25) is 5.91 Å². The SMILES string of the molecule is O=C(O)COc1ccccc1/C=N\NC(=O)Cc1csc(Nc2cccc(C(F)(F)F)c2)n1. The van der Waals surface area contributed by atoms with Crippen LogP contribution in [0.15, 0.2) is 59.0 Å². The number of carbonyl (C=O) groups excluding carboxylic acids is 1. The number of rotatable bonds is 9. The first-order valence-electron chi connectivity index (χ1n) is 9.35. The van der Waals surface area contributed by atoms with Crippen molar-refractivity contribution in [1.82, 2.24) is 10.4 Å². The van der Waals surface area contributed by atoms with Gasteiger partial charge in [0.25, 0.3) is 0 Å². The van der Waals surface area contributed by atoms with E-state index in [0.717, 1.165) is 23.5 Å². The maximum absolute atomic E-state index is 12.8. The Morgan fingerprint density at radius 2 is 1.97 bits per heavy atom. The highest BCUT2D eigenvalue weighted by Crippen LogP contribution is 2.31. The molecule has 0 radical (unpaired) electrons. The van der Waals surface area contributed by atoms with E-state index < -0.39 is 30.2 Å². The van der Waals surface area contributed by atoms with Crippen molar-refractivity contribution >= 4 is 40.2 Å². The third-order valence-corrected chi connectivity index (χ3v) is 4.80. The summed E-state index contributed by atoms with van der Waals surface area (Å²) in [6.07, 6.45) is -3.24. The Morgan fingerprint density at radius 1 is 1.18 bits per heavy atom. The highest BCUT2D eigenvalue weighted by Gasteiger charge is 2.30. The number of alkyl halides is 3. The van der Waals surface area contributed by atoms with Crippen LogP contribution >= 0.6 is 11.3 Å². The van der Waals surface area contributed by atoms with Gasteiger partial charge in [-0.3, -0.25) is 4.79 Å². The number of nitrogens with one attached hydrogen (secondary N) is 2. The number of hydrazone groups is 1. The number of aliphatic carboxylic acids is 1. The van der Waals surface area contributed by atoms with Gasteiger partial charge in [0.15, 0.2) is 11.7 Å². The summed E-state index contributed by atoms with van der Waals surface area (Å²) in [5.74, 6) is -1.30. The molecule has 12 heteroatoms. The molecule has 0 aliphatic carbocycles. The van der Waals surface area contributed by atoms with Crippen LogP contribution in [0.3, 0.4) is 0 Å². The summed E-state index contributed by atoms with van der Waals surface area (Å²) in [5, 5.41) is 17.3. The van der Waals surface area contributed by atoms with Crippen LogP contribution in [0, 0.1) is 0 Å². The van der Waals surface area contributed by atoms with Crippen LogP contribution < -0.4 is 15.5 Å². The third-order valence-electron chi connectivity index (χ3n) is 4.00. The standard InChI is InChI=1S/C21H17F3N4O4S/c22-21(23,24)14-5-3-6-15(8-14)26-20-27-16(12-33-20)9-18(29)28-25-10-13-4-1-2-7-17(13)32-11-19(30)31/h1-8,10,12H,9,11H2,(H,26,27)(H,28,29)(H,30,31)/b25-10-. The molecule has 0 saturated heterocycles. The molecule has 0 spiro atoms. The van der Waals surface area contributed by atoms with Gasteiger partial charge in [-0.05, 0) is 30.3 Å². The molecule has 0 unspecified atom stereocenters. The van der Waals surface area contributed by atoms with Crippen molar-refractivity contribution in [3.05, 3.63) is 70.7 Å². The van der Waals surface area contributed by atoms with Gasteiger partial charge in [-0.25, -0.2) is 15.2 Å². The quantitative estimate of drug-likeness (QED) is 0.316. The van der Waals surface area contributed by atoms with Crippen LogP contribution in [-0.2, 0) is 22.2 Å². The molecule has 2 aromatic carbocycles. The molecule has 3 N–H and O–H groups in total. The number of amides is 1. The van der Waals surface area contributed by atoms with Gasteiger partial charge in [-0.15, -0.1) is 11.3 Å². The van der Waals surface area contributed by atoms with E-state index in [1.54, 1.807) is 29.6 Å². The molecule has 0 aliphatic heterocycles. The number of hydrogen-bond acceptors (Lipinski definition) is 7. The molecule has 172 valence electrons. The van der Waals surface area contributed by atoms with Crippen molar-refractivity contribution in [1.29, 1.82) is 0 Å². The van der Waals surface area contributed by atoms with Gasteiger partial charge in [0.1, 0.15) is 5.75 Å². The van der Waals surface area contributed by atoms with E-state index in [9.17, 15) is 22.8 Å². The maximum atomic E-state index is 12.8. The number of para-hydroxylation sites is 1. The lowest BCUT2D eigenvalue weighted by molar-refractivity contribution is -0.139. The van der Waals surface area contributed by atoms with Gasteiger partial charge < -0.3 is 15.2 Å². The smallest absolute Gasteiger partial charge is 0.416 e. The van der Waals surface area contributed by atoms with Crippen LogP contribution in [-0.4, -0.2) is 34.8 Å². The largest absolute Gasteiger partial charge is 0.481 e. The van der Waals surface area contributed by atoms with Gasteiger partial charge in [-0.2, -0.15) is 18.3 Å². The van der Waals surface area contributed by atoms with Crippen molar-refractivity contribution in [3.8, 4) is 5.75 Å². The van der Waals surface area contributed by atoms with Gasteiger partial charge in [0.05, 0.1) is 23.9 Å². The highest BCUT2D eigenvalue weighted by atomic mass is 32.1. The molecule has 1 heterocycles. The monoisotopic (exact) mass is 478 g/mol. The summed E-state index contributed by atoms with van der Waals surface area (Å²) in [6, 6.07) is 11.3. The summed E-state index contributed by atoms with van der Waals surface area (Å²) < 4.78 is 43.6. The molecule has 0 saturated carbocycles. The first-order chi connectivity index (χ1) is 15.7. The lowest BCUT2D eigenvalue weighted by atomic mass is 10.2. The predicted molar refractivity (Wildman–Crippen MR) is 116 cm³/mol. The number of nitrogens with zero attached hydrogens (tertiary/aromatic N) is 2. The molecular weight excluding hydrogens is 461 g/mol. The van der Waals surface area contributed by atoms with E-state index in [4.69, 9.17) is 9.84 Å². The average Bonchev–Trinajstić information content (AvgIpc) is 3.19. The summed E-state index contributed by atoms with van der Waals surface area (Å²) in [4.78, 5) is 27.0. The van der Waals surface area contributed by atoms with Crippen LogP contribution in [0.25, 0.3) is 0 Å². The van der Waals surface area contributed by atoms with Crippen LogP contribution in [0.4, 0.5) is 24.0 Å². The number of carboxylic acid groups (broad SMARTS) is 1. The van der Waals surface area contributed by atoms with Crippen LogP contribution in [0.5, 0.6) is 5.75 Å². The van der Waals surface area contributed by atoms with Crippen LogP contribution in [0.2, 0.25) is 0 Å². The lowest BCUT2D eigenvalue weighted by Crippen LogP contribution is -2.20. The third kappa shape index (κ3) is 7.31.